The number of hydrogen-bond donors (Lipinski definition) is 9. The molecule has 180 valence electrons. The maximum Gasteiger partial charge on any atom is 0.326 e. The average Bonchev–Trinajstić information content (AvgIpc) is 2.62. The Labute approximate surface area is 180 Å². The Bertz CT molecular complexity index is 770. The van der Waals surface area contributed by atoms with Gasteiger partial charge in [-0.15, -0.1) is 0 Å². The van der Waals surface area contributed by atoms with Gasteiger partial charge in [0.05, 0.1) is 31.4 Å². The number of hydrogen-bond acceptors (Lipinski definition) is 9. The monoisotopic (exact) mass is 462 g/mol. The number of aliphatic hydroxyl groups is 1. The van der Waals surface area contributed by atoms with E-state index in [1.165, 1.54) is 0 Å². The van der Waals surface area contributed by atoms with Crippen molar-refractivity contribution in [2.24, 2.45) is 17.2 Å². The van der Waals surface area contributed by atoms with E-state index < -0.39 is 91.0 Å². The summed E-state index contributed by atoms with van der Waals surface area (Å²) < 4.78 is 0. The zero-order chi connectivity index (χ0) is 25.2. The van der Waals surface area contributed by atoms with Crippen LogP contribution in [0.3, 0.4) is 0 Å². The quantitative estimate of drug-likeness (QED) is 0.117. The van der Waals surface area contributed by atoms with Crippen LogP contribution in [-0.2, 0) is 33.6 Å². The average molecular weight is 462 g/mol. The maximum absolute atomic E-state index is 12.5. The van der Waals surface area contributed by atoms with Crippen molar-refractivity contribution in [1.82, 2.24) is 16.0 Å². The van der Waals surface area contributed by atoms with Crippen LogP contribution in [0, 0.1) is 0 Å². The second-order valence-electron chi connectivity index (χ2n) is 6.73. The molecule has 5 unspecified atom stereocenters. The zero-order valence-electron chi connectivity index (χ0n) is 16.9. The van der Waals surface area contributed by atoms with Crippen LogP contribution in [-0.4, -0.2) is 87.1 Å². The van der Waals surface area contributed by atoms with Gasteiger partial charge in [0.2, 0.25) is 29.5 Å². The molecule has 0 bridgehead atoms. The van der Waals surface area contributed by atoms with Gasteiger partial charge in [-0.1, -0.05) is 0 Å². The van der Waals surface area contributed by atoms with E-state index in [0.29, 0.717) is 0 Å². The summed E-state index contributed by atoms with van der Waals surface area (Å²) in [6.07, 6.45) is -3.93. The molecule has 0 spiro atoms. The van der Waals surface area contributed by atoms with Gasteiger partial charge in [-0.25, -0.2) is 4.79 Å². The first-order valence-corrected chi connectivity index (χ1v) is 9.01. The van der Waals surface area contributed by atoms with E-state index in [2.05, 4.69) is 0 Å². The maximum atomic E-state index is 12.5. The Balaban J connectivity index is 5.49. The fraction of sp³-hybridized carbons (Fsp3) is 0.562. The van der Waals surface area contributed by atoms with Crippen molar-refractivity contribution >= 4 is 41.5 Å². The van der Waals surface area contributed by atoms with Crippen LogP contribution in [0.25, 0.3) is 0 Å². The van der Waals surface area contributed by atoms with Crippen molar-refractivity contribution in [2.75, 3.05) is 0 Å². The molecular weight excluding hydrogens is 436 g/mol. The highest BCUT2D eigenvalue weighted by molar-refractivity contribution is 5.97. The number of amides is 5. The zero-order valence-corrected chi connectivity index (χ0v) is 16.9. The number of carbonyl (C=O) groups is 7. The summed E-state index contributed by atoms with van der Waals surface area (Å²) in [6, 6.07) is -6.81. The summed E-state index contributed by atoms with van der Waals surface area (Å²) in [5.41, 5.74) is 15.3. The van der Waals surface area contributed by atoms with Gasteiger partial charge in [-0.05, 0) is 6.92 Å². The molecule has 0 fully saturated rings. The molecule has 0 aromatic heterocycles. The highest BCUT2D eigenvalue weighted by Gasteiger charge is 2.33. The van der Waals surface area contributed by atoms with Crippen molar-refractivity contribution < 1.29 is 48.9 Å². The van der Waals surface area contributed by atoms with E-state index in [1.54, 1.807) is 0 Å². The van der Waals surface area contributed by atoms with E-state index >= 15 is 0 Å². The molecule has 0 aromatic carbocycles. The molecule has 0 aromatic rings. The summed E-state index contributed by atoms with van der Waals surface area (Å²) in [4.78, 5) is 80.9. The van der Waals surface area contributed by atoms with Crippen molar-refractivity contribution in [3.05, 3.63) is 0 Å². The van der Waals surface area contributed by atoms with E-state index in [9.17, 15) is 38.7 Å². The molecule has 0 rings (SSSR count). The number of aliphatic carboxylic acids is 2. The minimum absolute atomic E-state index is 0.775. The lowest BCUT2D eigenvalue weighted by molar-refractivity contribution is -0.144. The van der Waals surface area contributed by atoms with E-state index in [4.69, 9.17) is 27.4 Å². The fourth-order valence-electron chi connectivity index (χ4n) is 2.29. The van der Waals surface area contributed by atoms with Crippen molar-refractivity contribution in [3.8, 4) is 0 Å². The Hall–Kier alpha value is -3.79. The minimum atomic E-state index is -1.77. The first-order chi connectivity index (χ1) is 14.6. The highest BCUT2D eigenvalue weighted by atomic mass is 16.4. The summed E-state index contributed by atoms with van der Waals surface area (Å²) in [7, 11) is 0. The molecule has 32 heavy (non-hydrogen) atoms. The van der Waals surface area contributed by atoms with Gasteiger partial charge in [0.1, 0.15) is 18.1 Å². The summed E-state index contributed by atoms with van der Waals surface area (Å²) in [5.74, 6) is -8.66. The van der Waals surface area contributed by atoms with Gasteiger partial charge in [0.15, 0.2) is 0 Å². The third-order valence-corrected chi connectivity index (χ3v) is 3.85. The molecule has 0 aliphatic rings. The van der Waals surface area contributed by atoms with Crippen LogP contribution in [0.2, 0.25) is 0 Å². The first kappa shape index (κ1) is 28.2. The smallest absolute Gasteiger partial charge is 0.326 e. The van der Waals surface area contributed by atoms with Crippen LogP contribution in [0.4, 0.5) is 0 Å². The molecule has 0 aliphatic carbocycles. The number of nitrogens with one attached hydrogen (secondary N) is 3. The Morgan fingerprint density at radius 2 is 1.22 bits per heavy atom. The van der Waals surface area contributed by atoms with Gasteiger partial charge >= 0.3 is 11.9 Å². The number of nitrogens with two attached hydrogens (primary N) is 3. The second-order valence-corrected chi connectivity index (χ2v) is 6.73. The minimum Gasteiger partial charge on any atom is -0.481 e. The topological polar surface area (TPSA) is 294 Å². The molecule has 12 N–H and O–H groups in total. The molecule has 0 radical (unpaired) electrons. The lowest BCUT2D eigenvalue weighted by Gasteiger charge is -2.25. The molecule has 5 atom stereocenters. The molecule has 16 nitrogen and oxygen atoms in total. The summed E-state index contributed by atoms with van der Waals surface area (Å²) >= 11 is 0. The van der Waals surface area contributed by atoms with Gasteiger partial charge < -0.3 is 48.5 Å². The number of rotatable bonds is 14. The highest BCUT2D eigenvalue weighted by Crippen LogP contribution is 2.02. The van der Waals surface area contributed by atoms with E-state index in [1.807, 2.05) is 16.0 Å². The first-order valence-electron chi connectivity index (χ1n) is 9.01. The third kappa shape index (κ3) is 10.3. The molecular formula is C16H26N6O10. The normalized spacial score (nSPS) is 15.2. The van der Waals surface area contributed by atoms with Crippen LogP contribution in [0.1, 0.15) is 26.2 Å². The Morgan fingerprint density at radius 3 is 1.62 bits per heavy atom. The number of primary amides is 2. The molecule has 5 amide bonds. The van der Waals surface area contributed by atoms with Gasteiger partial charge in [0, 0.05) is 0 Å². The molecule has 0 saturated heterocycles. The van der Waals surface area contributed by atoms with Crippen LogP contribution in [0.5, 0.6) is 0 Å². The van der Waals surface area contributed by atoms with Crippen LogP contribution >= 0.6 is 0 Å². The molecule has 0 saturated carbocycles. The van der Waals surface area contributed by atoms with Crippen molar-refractivity contribution in [3.63, 3.8) is 0 Å². The molecule has 16 heteroatoms. The Kier molecular flexibility index (Phi) is 11.3. The summed E-state index contributed by atoms with van der Waals surface area (Å²) in [6.45, 7) is 1.09. The largest absolute Gasteiger partial charge is 0.481 e. The Morgan fingerprint density at radius 1 is 0.750 bits per heavy atom. The van der Waals surface area contributed by atoms with Gasteiger partial charge in [-0.3, -0.25) is 28.8 Å². The number of carbonyl (C=O) groups excluding carboxylic acids is 5. The van der Waals surface area contributed by atoms with Crippen LogP contribution < -0.4 is 33.2 Å². The van der Waals surface area contributed by atoms with Crippen molar-refractivity contribution in [2.45, 2.75) is 56.5 Å². The number of carboxylic acids is 2. The standard InChI is InChI=1S/C16H26N6O10/c1-5(23)12(22-13(28)6(17)2-11(26)27)15(30)20-7(3-9(18)24)14(29)21-8(16(31)32)4-10(19)25/h5-8,12,23H,2-4,17H2,1H3,(H2,18,24)(H2,19,25)(H,20,30)(H,21,29)(H,22,28)(H,26,27)(H,31,32). The van der Waals surface area contributed by atoms with E-state index in [0.717, 1.165) is 6.92 Å². The number of aliphatic hydroxyl groups excluding tert-OH is 1. The van der Waals surface area contributed by atoms with Gasteiger partial charge in [0.25, 0.3) is 0 Å². The predicted molar refractivity (Wildman–Crippen MR) is 103 cm³/mol. The fourth-order valence-corrected chi connectivity index (χ4v) is 2.29. The van der Waals surface area contributed by atoms with E-state index in [-0.39, 0.29) is 0 Å². The predicted octanol–water partition coefficient (Wildman–Crippen LogP) is -5.54. The third-order valence-electron chi connectivity index (χ3n) is 3.85. The SMILES string of the molecule is CC(O)C(NC(=O)C(N)CC(=O)O)C(=O)NC(CC(N)=O)C(=O)NC(CC(N)=O)C(=O)O. The summed E-state index contributed by atoms with van der Waals surface area (Å²) in [5, 5.41) is 33.5. The molecule has 0 heterocycles. The van der Waals surface area contributed by atoms with Gasteiger partial charge in [-0.2, -0.15) is 0 Å². The van der Waals surface area contributed by atoms with Crippen LogP contribution in [0.15, 0.2) is 0 Å². The number of carboxylic acid groups (broad SMARTS) is 2. The lowest BCUT2D eigenvalue weighted by atomic mass is 10.1. The second kappa shape index (κ2) is 12.8. The molecule has 0 aliphatic heterocycles. The van der Waals surface area contributed by atoms with Crippen molar-refractivity contribution in [1.29, 1.82) is 0 Å². The lowest BCUT2D eigenvalue weighted by Crippen LogP contribution is -2.60.